The van der Waals surface area contributed by atoms with E-state index < -0.39 is 0 Å². The summed E-state index contributed by atoms with van der Waals surface area (Å²) in [5.41, 5.74) is 2.16. The Balaban J connectivity index is 2.29. The molecule has 0 saturated carbocycles. The molecular weight excluding hydrogens is 190 g/mol. The van der Waals surface area contributed by atoms with Gasteiger partial charge in [0.25, 0.3) is 0 Å². The quantitative estimate of drug-likeness (QED) is 0.769. The Hall–Kier alpha value is -1.77. The van der Waals surface area contributed by atoms with Gasteiger partial charge in [-0.1, -0.05) is 17.7 Å². The molecular formula is C12H13NO2. The minimum Gasteiger partial charge on any atom is -0.464 e. The van der Waals surface area contributed by atoms with Gasteiger partial charge in [0.05, 0.1) is 6.61 Å². The van der Waals surface area contributed by atoms with Crippen LogP contribution in [0.3, 0.4) is 0 Å². The van der Waals surface area contributed by atoms with E-state index in [1.165, 1.54) is 5.56 Å². The maximum Gasteiger partial charge on any atom is 0.305 e. The molecule has 0 saturated heterocycles. The van der Waals surface area contributed by atoms with Gasteiger partial charge in [0.2, 0.25) is 5.89 Å². The molecule has 0 unspecified atom stereocenters. The van der Waals surface area contributed by atoms with Gasteiger partial charge in [-0.15, -0.1) is 0 Å². The van der Waals surface area contributed by atoms with Gasteiger partial charge >= 0.3 is 5.95 Å². The van der Waals surface area contributed by atoms with Crippen molar-refractivity contribution >= 4 is 0 Å². The molecule has 78 valence electrons. The van der Waals surface area contributed by atoms with E-state index >= 15 is 0 Å². The van der Waals surface area contributed by atoms with Crippen molar-refractivity contribution in [2.24, 2.45) is 0 Å². The number of nitrogens with zero attached hydrogens (tertiary/aromatic N) is 1. The Bertz CT molecular complexity index is 448. The van der Waals surface area contributed by atoms with E-state index in [2.05, 4.69) is 4.98 Å². The van der Waals surface area contributed by atoms with Gasteiger partial charge < -0.3 is 9.15 Å². The Morgan fingerprint density at radius 1 is 1.40 bits per heavy atom. The standard InChI is InChI=1S/C12H13NO2/c1-3-14-11-8-13-12(15-11)10-6-4-5-9(2)7-10/h4-8H,3H2,1-2H3. The third-order valence-corrected chi connectivity index (χ3v) is 2.04. The molecule has 2 aromatic rings. The lowest BCUT2D eigenvalue weighted by Crippen LogP contribution is -1.87. The van der Waals surface area contributed by atoms with Crippen LogP contribution in [0.25, 0.3) is 11.5 Å². The van der Waals surface area contributed by atoms with Crippen LogP contribution >= 0.6 is 0 Å². The van der Waals surface area contributed by atoms with Crippen molar-refractivity contribution in [3.63, 3.8) is 0 Å². The maximum atomic E-state index is 5.43. The Morgan fingerprint density at radius 2 is 2.27 bits per heavy atom. The van der Waals surface area contributed by atoms with Crippen molar-refractivity contribution in [1.29, 1.82) is 0 Å². The molecule has 0 aliphatic heterocycles. The second-order valence-corrected chi connectivity index (χ2v) is 3.29. The van der Waals surface area contributed by atoms with Crippen LogP contribution < -0.4 is 4.74 Å². The highest BCUT2D eigenvalue weighted by Crippen LogP contribution is 2.23. The molecule has 0 bridgehead atoms. The number of ether oxygens (including phenoxy) is 1. The van der Waals surface area contributed by atoms with Crippen molar-refractivity contribution < 1.29 is 9.15 Å². The average molecular weight is 203 g/mol. The monoisotopic (exact) mass is 203 g/mol. The van der Waals surface area contributed by atoms with Crippen LogP contribution in [-0.2, 0) is 0 Å². The minimum absolute atomic E-state index is 0.467. The molecule has 0 aliphatic carbocycles. The fourth-order valence-electron chi connectivity index (χ4n) is 1.38. The van der Waals surface area contributed by atoms with Crippen LogP contribution in [0.4, 0.5) is 0 Å². The minimum atomic E-state index is 0.467. The summed E-state index contributed by atoms with van der Waals surface area (Å²) in [4.78, 5) is 4.15. The summed E-state index contributed by atoms with van der Waals surface area (Å²) in [5, 5.41) is 0. The maximum absolute atomic E-state index is 5.43. The molecule has 0 spiro atoms. The van der Waals surface area contributed by atoms with Crippen LogP contribution in [0.1, 0.15) is 12.5 Å². The molecule has 0 radical (unpaired) electrons. The highest BCUT2D eigenvalue weighted by molar-refractivity contribution is 5.54. The van der Waals surface area contributed by atoms with Crippen LogP contribution in [0.2, 0.25) is 0 Å². The summed E-state index contributed by atoms with van der Waals surface area (Å²) in [6.07, 6.45) is 1.60. The number of benzene rings is 1. The van der Waals surface area contributed by atoms with E-state index in [4.69, 9.17) is 9.15 Å². The summed E-state index contributed by atoms with van der Waals surface area (Å²) in [6.45, 7) is 4.53. The summed E-state index contributed by atoms with van der Waals surface area (Å²) in [5.74, 6) is 1.07. The second-order valence-electron chi connectivity index (χ2n) is 3.29. The summed E-state index contributed by atoms with van der Waals surface area (Å²) in [6, 6.07) is 8.02. The molecule has 1 aromatic carbocycles. The van der Waals surface area contributed by atoms with Crippen LogP contribution in [-0.4, -0.2) is 11.6 Å². The van der Waals surface area contributed by atoms with E-state index in [1.807, 2.05) is 38.1 Å². The molecule has 15 heavy (non-hydrogen) atoms. The van der Waals surface area contributed by atoms with Crippen molar-refractivity contribution in [1.82, 2.24) is 4.98 Å². The zero-order valence-electron chi connectivity index (χ0n) is 8.86. The summed E-state index contributed by atoms with van der Waals surface area (Å²) in [7, 11) is 0. The van der Waals surface area contributed by atoms with Crippen LogP contribution in [0, 0.1) is 6.92 Å². The molecule has 3 nitrogen and oxygen atoms in total. The molecule has 0 atom stereocenters. The van der Waals surface area contributed by atoms with Gasteiger partial charge in [-0.2, -0.15) is 0 Å². The van der Waals surface area contributed by atoms with E-state index in [1.54, 1.807) is 6.20 Å². The lowest BCUT2D eigenvalue weighted by molar-refractivity contribution is 0.260. The van der Waals surface area contributed by atoms with Crippen molar-refractivity contribution in [3.05, 3.63) is 36.0 Å². The van der Waals surface area contributed by atoms with Gasteiger partial charge in [-0.25, -0.2) is 4.98 Å². The second kappa shape index (κ2) is 4.17. The van der Waals surface area contributed by atoms with E-state index in [9.17, 15) is 0 Å². The first-order valence-corrected chi connectivity index (χ1v) is 4.95. The van der Waals surface area contributed by atoms with Gasteiger partial charge in [0.15, 0.2) is 0 Å². The van der Waals surface area contributed by atoms with E-state index in [-0.39, 0.29) is 0 Å². The smallest absolute Gasteiger partial charge is 0.305 e. The number of aromatic nitrogens is 1. The largest absolute Gasteiger partial charge is 0.464 e. The summed E-state index contributed by atoms with van der Waals surface area (Å²) >= 11 is 0. The zero-order valence-corrected chi connectivity index (χ0v) is 8.86. The predicted molar refractivity (Wildman–Crippen MR) is 57.8 cm³/mol. The molecule has 0 aliphatic rings. The van der Waals surface area contributed by atoms with Gasteiger partial charge in [0, 0.05) is 5.56 Å². The van der Waals surface area contributed by atoms with E-state index in [0.29, 0.717) is 18.4 Å². The van der Waals surface area contributed by atoms with Gasteiger partial charge in [-0.3, -0.25) is 0 Å². The molecule has 0 amide bonds. The lowest BCUT2D eigenvalue weighted by atomic mass is 10.1. The highest BCUT2D eigenvalue weighted by atomic mass is 16.6. The Kier molecular flexibility index (Phi) is 2.72. The first kappa shape index (κ1) is 9.77. The number of hydrogen-bond acceptors (Lipinski definition) is 3. The number of rotatable bonds is 3. The average Bonchev–Trinajstić information content (AvgIpc) is 2.67. The van der Waals surface area contributed by atoms with Gasteiger partial charge in [-0.05, 0) is 26.0 Å². The molecule has 0 N–H and O–H groups in total. The van der Waals surface area contributed by atoms with Crippen molar-refractivity contribution in [2.75, 3.05) is 6.61 Å². The molecule has 0 fully saturated rings. The number of aryl methyl sites for hydroxylation is 1. The van der Waals surface area contributed by atoms with Crippen molar-refractivity contribution in [2.45, 2.75) is 13.8 Å². The van der Waals surface area contributed by atoms with Crippen molar-refractivity contribution in [3.8, 4) is 17.4 Å². The third-order valence-electron chi connectivity index (χ3n) is 2.04. The number of hydrogen-bond donors (Lipinski definition) is 0. The fourth-order valence-corrected chi connectivity index (χ4v) is 1.38. The van der Waals surface area contributed by atoms with Crippen LogP contribution in [0.5, 0.6) is 5.95 Å². The summed E-state index contributed by atoms with van der Waals surface area (Å²) < 4.78 is 10.6. The molecule has 1 heterocycles. The molecule has 1 aromatic heterocycles. The predicted octanol–water partition coefficient (Wildman–Crippen LogP) is 3.05. The molecule has 2 rings (SSSR count). The zero-order chi connectivity index (χ0) is 10.7. The Labute approximate surface area is 88.7 Å². The third kappa shape index (κ3) is 2.18. The highest BCUT2D eigenvalue weighted by Gasteiger charge is 2.06. The van der Waals surface area contributed by atoms with E-state index in [0.717, 1.165) is 5.56 Å². The van der Waals surface area contributed by atoms with Gasteiger partial charge in [0.1, 0.15) is 6.20 Å². The number of oxazole rings is 1. The fraction of sp³-hybridized carbons (Fsp3) is 0.250. The lowest BCUT2D eigenvalue weighted by Gasteiger charge is -1.97. The SMILES string of the molecule is CCOc1cnc(-c2cccc(C)c2)o1. The Morgan fingerprint density at radius 3 is 3.00 bits per heavy atom. The van der Waals surface area contributed by atoms with Crippen LogP contribution in [0.15, 0.2) is 34.9 Å². The first-order valence-electron chi connectivity index (χ1n) is 4.95. The molecule has 3 heteroatoms. The normalized spacial score (nSPS) is 10.3. The first-order chi connectivity index (χ1) is 7.29. The topological polar surface area (TPSA) is 35.3 Å².